The molecule has 0 unspecified atom stereocenters. The molecule has 1 aliphatic rings. The number of esters is 1. The molecule has 0 spiro atoms. The van der Waals surface area contributed by atoms with Crippen molar-refractivity contribution in [2.75, 3.05) is 32.9 Å². The van der Waals surface area contributed by atoms with Crippen LogP contribution < -0.4 is 14.8 Å². The van der Waals surface area contributed by atoms with Crippen LogP contribution in [0.3, 0.4) is 0 Å². The topological polar surface area (TPSA) is 84.6 Å². The second kappa shape index (κ2) is 7.94. The van der Waals surface area contributed by atoms with Crippen LogP contribution in [0.5, 0.6) is 0 Å². The second-order valence-corrected chi connectivity index (χ2v) is 5.84. The molecule has 2 heterocycles. The number of carbonyl (C=O) groups is 1. The quantitative estimate of drug-likeness (QED) is 0.672. The van der Waals surface area contributed by atoms with Gasteiger partial charge in [-0.1, -0.05) is 0 Å². The Hall–Kier alpha value is -2.11. The average Bonchev–Trinajstić information content (AvgIpc) is 2.85. The zero-order valence-corrected chi connectivity index (χ0v) is 14.0. The van der Waals surface area contributed by atoms with E-state index in [1.54, 1.807) is 20.0 Å². The number of rotatable bonds is 4. The number of morpholine rings is 1. The van der Waals surface area contributed by atoms with Gasteiger partial charge in [0.2, 0.25) is 0 Å². The van der Waals surface area contributed by atoms with Crippen molar-refractivity contribution in [2.24, 2.45) is 0 Å². The third-order valence-corrected chi connectivity index (χ3v) is 4.49. The van der Waals surface area contributed by atoms with Crippen LogP contribution in [0.2, 0.25) is 0 Å². The average molecular weight is 337 g/mol. The van der Waals surface area contributed by atoms with Crippen LogP contribution in [0.1, 0.15) is 13.8 Å². The standard InChI is InChI=1S/C15H19N3O4S/c1-3-18-13(19)12(10-17-5-7-21-8-6-17)23-14(18)11(9-16)15(20)22-4-2/h10H,3-8H2,1-2H3/b12-10+,14-11-. The summed E-state index contributed by atoms with van der Waals surface area (Å²) in [4.78, 5) is 26.4. The molecule has 0 N–H and O–H groups in total. The molecule has 7 nitrogen and oxygen atoms in total. The zero-order valence-electron chi connectivity index (χ0n) is 13.2. The van der Waals surface area contributed by atoms with Gasteiger partial charge in [0.25, 0.3) is 5.56 Å². The fraction of sp³-hybridized carbons (Fsp3) is 0.533. The lowest BCUT2D eigenvalue weighted by atomic mass is 10.3. The van der Waals surface area contributed by atoms with Gasteiger partial charge >= 0.3 is 5.97 Å². The van der Waals surface area contributed by atoms with E-state index in [2.05, 4.69) is 0 Å². The summed E-state index contributed by atoms with van der Waals surface area (Å²) in [6.07, 6.45) is 1.78. The highest BCUT2D eigenvalue weighted by molar-refractivity contribution is 7.07. The van der Waals surface area contributed by atoms with Crippen molar-refractivity contribution in [2.45, 2.75) is 20.4 Å². The van der Waals surface area contributed by atoms with E-state index in [1.807, 2.05) is 11.0 Å². The maximum atomic E-state index is 12.5. The molecule has 0 aliphatic carbocycles. The summed E-state index contributed by atoms with van der Waals surface area (Å²) in [5.41, 5.74) is -0.325. The number of hydrogen-bond acceptors (Lipinski definition) is 7. The van der Waals surface area contributed by atoms with Gasteiger partial charge in [-0.25, -0.2) is 4.79 Å². The minimum Gasteiger partial charge on any atom is -0.462 e. The Balaban J connectivity index is 2.60. The van der Waals surface area contributed by atoms with Gasteiger partial charge in [0.05, 0.1) is 19.8 Å². The number of aromatic nitrogens is 1. The molecule has 0 radical (unpaired) electrons. The highest BCUT2D eigenvalue weighted by Crippen LogP contribution is 1.99. The third-order valence-electron chi connectivity index (χ3n) is 3.37. The van der Waals surface area contributed by atoms with Gasteiger partial charge in [0.1, 0.15) is 15.3 Å². The molecular formula is C15H19N3O4S. The number of carbonyl (C=O) groups excluding carboxylic acids is 1. The minimum absolute atomic E-state index is 0.127. The van der Waals surface area contributed by atoms with Crippen molar-refractivity contribution in [1.82, 2.24) is 9.47 Å². The third kappa shape index (κ3) is 3.81. The maximum absolute atomic E-state index is 12.5. The van der Waals surface area contributed by atoms with Gasteiger partial charge in [0, 0.05) is 25.8 Å². The van der Waals surface area contributed by atoms with Gasteiger partial charge < -0.3 is 14.4 Å². The number of thiazole rings is 1. The minimum atomic E-state index is -0.698. The smallest absolute Gasteiger partial charge is 0.351 e. The van der Waals surface area contributed by atoms with E-state index in [0.717, 1.165) is 11.3 Å². The number of nitriles is 1. The molecule has 1 saturated heterocycles. The largest absolute Gasteiger partial charge is 0.462 e. The molecule has 1 aromatic rings. The van der Waals surface area contributed by atoms with Crippen LogP contribution in [0, 0.1) is 11.3 Å². The molecule has 0 amide bonds. The fourth-order valence-electron chi connectivity index (χ4n) is 2.24. The van der Waals surface area contributed by atoms with Crippen LogP contribution in [-0.4, -0.2) is 48.3 Å². The lowest BCUT2D eigenvalue weighted by molar-refractivity contribution is -0.136. The highest BCUT2D eigenvalue weighted by Gasteiger charge is 2.16. The Morgan fingerprint density at radius 2 is 2.13 bits per heavy atom. The first kappa shape index (κ1) is 17.2. The second-order valence-electron chi connectivity index (χ2n) is 4.81. The predicted octanol–water partition coefficient (Wildman–Crippen LogP) is -0.763. The van der Waals surface area contributed by atoms with E-state index in [9.17, 15) is 14.9 Å². The SMILES string of the molecule is CCOC(=O)/C(C#N)=c1\s/c(=C/N2CCOCC2)c(=O)n1CC. The molecule has 2 rings (SSSR count). The maximum Gasteiger partial charge on any atom is 0.351 e. The molecule has 23 heavy (non-hydrogen) atoms. The summed E-state index contributed by atoms with van der Waals surface area (Å²) in [5, 5.41) is 9.28. The van der Waals surface area contributed by atoms with Crippen LogP contribution in [0.4, 0.5) is 0 Å². The van der Waals surface area contributed by atoms with E-state index in [1.165, 1.54) is 4.57 Å². The fourth-order valence-corrected chi connectivity index (χ4v) is 3.40. The number of nitrogens with zero attached hydrogens (tertiary/aromatic N) is 3. The van der Waals surface area contributed by atoms with Crippen molar-refractivity contribution in [1.29, 1.82) is 5.26 Å². The van der Waals surface area contributed by atoms with Crippen molar-refractivity contribution in [3.05, 3.63) is 19.5 Å². The number of hydrogen-bond donors (Lipinski definition) is 0. The normalized spacial score (nSPS) is 16.9. The van der Waals surface area contributed by atoms with E-state index in [0.29, 0.717) is 42.0 Å². The first-order valence-electron chi connectivity index (χ1n) is 7.47. The van der Waals surface area contributed by atoms with Gasteiger partial charge in [-0.2, -0.15) is 5.26 Å². The molecule has 124 valence electrons. The predicted molar refractivity (Wildman–Crippen MR) is 86.0 cm³/mol. The van der Waals surface area contributed by atoms with E-state index in [4.69, 9.17) is 9.47 Å². The first-order chi connectivity index (χ1) is 11.1. The molecule has 1 fully saturated rings. The number of ether oxygens (including phenoxy) is 2. The Morgan fingerprint density at radius 1 is 1.43 bits per heavy atom. The molecule has 0 atom stereocenters. The van der Waals surface area contributed by atoms with E-state index < -0.39 is 5.97 Å². The lowest BCUT2D eigenvalue weighted by Crippen LogP contribution is -2.37. The van der Waals surface area contributed by atoms with Gasteiger partial charge in [-0.05, 0) is 13.8 Å². The first-order valence-corrected chi connectivity index (χ1v) is 8.28. The van der Waals surface area contributed by atoms with Crippen LogP contribution >= 0.6 is 11.3 Å². The van der Waals surface area contributed by atoms with Crippen molar-refractivity contribution >= 4 is 29.1 Å². The summed E-state index contributed by atoms with van der Waals surface area (Å²) in [6, 6.07) is 1.87. The highest BCUT2D eigenvalue weighted by atomic mass is 32.1. The van der Waals surface area contributed by atoms with Crippen LogP contribution in [0.15, 0.2) is 4.79 Å². The molecule has 0 aromatic carbocycles. The lowest BCUT2D eigenvalue weighted by Gasteiger charge is -2.24. The summed E-state index contributed by atoms with van der Waals surface area (Å²) >= 11 is 1.14. The Bertz CT molecular complexity index is 781. The molecule has 0 saturated carbocycles. The summed E-state index contributed by atoms with van der Waals surface area (Å²) in [6.45, 7) is 6.70. The van der Waals surface area contributed by atoms with E-state index in [-0.39, 0.29) is 17.7 Å². The van der Waals surface area contributed by atoms with Gasteiger partial charge in [0.15, 0.2) is 5.57 Å². The van der Waals surface area contributed by atoms with Crippen molar-refractivity contribution in [3.8, 4) is 6.07 Å². The van der Waals surface area contributed by atoms with Gasteiger partial charge in [-0.15, -0.1) is 11.3 Å². The van der Waals surface area contributed by atoms with Crippen LogP contribution in [-0.2, 0) is 20.8 Å². The van der Waals surface area contributed by atoms with Crippen molar-refractivity contribution in [3.63, 3.8) is 0 Å². The molecule has 1 aromatic heterocycles. The Labute approximate surface area is 137 Å². The molecular weight excluding hydrogens is 318 g/mol. The van der Waals surface area contributed by atoms with E-state index >= 15 is 0 Å². The van der Waals surface area contributed by atoms with Gasteiger partial charge in [-0.3, -0.25) is 9.36 Å². The Morgan fingerprint density at radius 3 is 2.70 bits per heavy atom. The summed E-state index contributed by atoms with van der Waals surface area (Å²) in [7, 11) is 0. The summed E-state index contributed by atoms with van der Waals surface area (Å²) < 4.78 is 12.5. The molecule has 0 bridgehead atoms. The molecule has 8 heteroatoms. The molecule has 1 aliphatic heterocycles. The summed E-state index contributed by atoms with van der Waals surface area (Å²) in [5.74, 6) is -0.698. The Kier molecular flexibility index (Phi) is 5.96. The zero-order chi connectivity index (χ0) is 16.8. The monoisotopic (exact) mass is 337 g/mol. The van der Waals surface area contributed by atoms with Crippen molar-refractivity contribution < 1.29 is 14.3 Å². The van der Waals surface area contributed by atoms with Crippen LogP contribution in [0.25, 0.3) is 11.8 Å².